The van der Waals surface area contributed by atoms with Crippen LogP contribution < -0.4 is 0 Å². The van der Waals surface area contributed by atoms with Crippen molar-refractivity contribution >= 4 is 11.6 Å². The third-order valence-corrected chi connectivity index (χ3v) is 2.87. The SMILES string of the molecule is CC(C)CCOC(C)(C)CCCCCCl. The van der Waals surface area contributed by atoms with Gasteiger partial charge in [-0.3, -0.25) is 0 Å². The number of halogens is 1. The molecule has 0 aromatic heterocycles. The Balaban J connectivity index is 3.48. The lowest BCUT2D eigenvalue weighted by molar-refractivity contribution is -0.0292. The molecule has 0 heterocycles. The van der Waals surface area contributed by atoms with Crippen molar-refractivity contribution in [1.82, 2.24) is 0 Å². The first-order valence-electron chi connectivity index (χ1n) is 6.18. The Kier molecular flexibility index (Phi) is 8.55. The highest BCUT2D eigenvalue weighted by Crippen LogP contribution is 2.19. The van der Waals surface area contributed by atoms with Crippen molar-refractivity contribution in [2.45, 2.75) is 65.4 Å². The summed E-state index contributed by atoms with van der Waals surface area (Å²) in [6, 6.07) is 0. The summed E-state index contributed by atoms with van der Waals surface area (Å²) < 4.78 is 5.89. The highest BCUT2D eigenvalue weighted by Gasteiger charge is 2.17. The minimum absolute atomic E-state index is 0.0429. The lowest BCUT2D eigenvalue weighted by Crippen LogP contribution is -2.25. The van der Waals surface area contributed by atoms with Gasteiger partial charge in [0.25, 0.3) is 0 Å². The minimum Gasteiger partial charge on any atom is -0.376 e. The molecule has 0 aliphatic heterocycles. The summed E-state index contributed by atoms with van der Waals surface area (Å²) in [4.78, 5) is 0. The molecule has 0 N–H and O–H groups in total. The Bertz CT molecular complexity index is 143. The van der Waals surface area contributed by atoms with Crippen molar-refractivity contribution in [2.24, 2.45) is 5.92 Å². The van der Waals surface area contributed by atoms with Crippen LogP contribution in [0.25, 0.3) is 0 Å². The van der Waals surface area contributed by atoms with Crippen molar-refractivity contribution in [1.29, 1.82) is 0 Å². The van der Waals surface area contributed by atoms with E-state index < -0.39 is 0 Å². The Labute approximate surface area is 101 Å². The standard InChI is InChI=1S/C13H27ClO/c1-12(2)8-11-15-13(3,4)9-6-5-7-10-14/h12H,5-11H2,1-4H3. The highest BCUT2D eigenvalue weighted by atomic mass is 35.5. The zero-order valence-electron chi connectivity index (χ0n) is 10.8. The van der Waals surface area contributed by atoms with Crippen LogP contribution >= 0.6 is 11.6 Å². The molecule has 92 valence electrons. The molecule has 0 amide bonds. The van der Waals surface area contributed by atoms with Gasteiger partial charge in [0, 0.05) is 12.5 Å². The first-order valence-corrected chi connectivity index (χ1v) is 6.71. The Morgan fingerprint density at radius 1 is 1.13 bits per heavy atom. The molecule has 0 rings (SSSR count). The predicted molar refractivity (Wildman–Crippen MR) is 68.7 cm³/mol. The van der Waals surface area contributed by atoms with Crippen LogP contribution in [0.5, 0.6) is 0 Å². The van der Waals surface area contributed by atoms with Gasteiger partial charge in [-0.05, 0) is 39.0 Å². The molecule has 0 aliphatic carbocycles. The van der Waals surface area contributed by atoms with Gasteiger partial charge >= 0.3 is 0 Å². The fraction of sp³-hybridized carbons (Fsp3) is 1.00. The van der Waals surface area contributed by atoms with Crippen LogP contribution in [0, 0.1) is 5.92 Å². The maximum Gasteiger partial charge on any atom is 0.0626 e. The molecule has 15 heavy (non-hydrogen) atoms. The second-order valence-corrected chi connectivity index (χ2v) is 5.67. The van der Waals surface area contributed by atoms with Gasteiger partial charge < -0.3 is 4.74 Å². The van der Waals surface area contributed by atoms with E-state index in [0.717, 1.165) is 37.7 Å². The molecule has 0 saturated carbocycles. The van der Waals surface area contributed by atoms with Crippen molar-refractivity contribution in [3.8, 4) is 0 Å². The van der Waals surface area contributed by atoms with Gasteiger partial charge in [-0.2, -0.15) is 0 Å². The van der Waals surface area contributed by atoms with Gasteiger partial charge in [0.2, 0.25) is 0 Å². The molecule has 0 saturated heterocycles. The summed E-state index contributed by atoms with van der Waals surface area (Å²) in [6.07, 6.45) is 5.87. The number of hydrogen-bond acceptors (Lipinski definition) is 1. The van der Waals surface area contributed by atoms with E-state index in [1.54, 1.807) is 0 Å². The summed E-state index contributed by atoms with van der Waals surface area (Å²) in [5, 5.41) is 0. The quantitative estimate of drug-likeness (QED) is 0.418. The summed E-state index contributed by atoms with van der Waals surface area (Å²) in [6.45, 7) is 9.73. The number of alkyl halides is 1. The third kappa shape index (κ3) is 10.5. The van der Waals surface area contributed by atoms with Crippen molar-refractivity contribution in [3.63, 3.8) is 0 Å². The minimum atomic E-state index is 0.0429. The van der Waals surface area contributed by atoms with Gasteiger partial charge in [-0.25, -0.2) is 0 Å². The number of hydrogen-bond donors (Lipinski definition) is 0. The topological polar surface area (TPSA) is 9.23 Å². The van der Waals surface area contributed by atoms with Gasteiger partial charge in [0.1, 0.15) is 0 Å². The Morgan fingerprint density at radius 3 is 2.33 bits per heavy atom. The summed E-state index contributed by atoms with van der Waals surface area (Å²) in [5.41, 5.74) is 0.0429. The molecule has 2 heteroatoms. The third-order valence-electron chi connectivity index (χ3n) is 2.60. The van der Waals surface area contributed by atoms with Crippen molar-refractivity contribution in [2.75, 3.05) is 12.5 Å². The first kappa shape index (κ1) is 15.2. The fourth-order valence-electron chi connectivity index (χ4n) is 1.47. The van der Waals surface area contributed by atoms with Crippen LogP contribution in [-0.4, -0.2) is 18.1 Å². The van der Waals surface area contributed by atoms with Crippen LogP contribution in [0.2, 0.25) is 0 Å². The van der Waals surface area contributed by atoms with E-state index in [9.17, 15) is 0 Å². The fourth-order valence-corrected chi connectivity index (χ4v) is 1.65. The van der Waals surface area contributed by atoms with Gasteiger partial charge in [0.15, 0.2) is 0 Å². The lowest BCUT2D eigenvalue weighted by Gasteiger charge is -2.25. The average molecular weight is 235 g/mol. The number of rotatable bonds is 9. The van der Waals surface area contributed by atoms with Crippen LogP contribution in [0.15, 0.2) is 0 Å². The molecule has 0 fully saturated rings. The van der Waals surface area contributed by atoms with Crippen molar-refractivity contribution in [3.05, 3.63) is 0 Å². The van der Waals surface area contributed by atoms with E-state index in [2.05, 4.69) is 27.7 Å². The number of unbranched alkanes of at least 4 members (excludes halogenated alkanes) is 2. The molecule has 0 spiro atoms. The largest absolute Gasteiger partial charge is 0.376 e. The van der Waals surface area contributed by atoms with Gasteiger partial charge in [0.05, 0.1) is 5.60 Å². The molecule has 0 aromatic rings. The Hall–Kier alpha value is 0.250. The molecule has 0 bridgehead atoms. The maximum absolute atomic E-state index is 5.89. The van der Waals surface area contributed by atoms with Gasteiger partial charge in [-0.1, -0.05) is 26.7 Å². The normalized spacial score (nSPS) is 12.4. The van der Waals surface area contributed by atoms with Crippen molar-refractivity contribution < 1.29 is 4.74 Å². The van der Waals surface area contributed by atoms with E-state index in [4.69, 9.17) is 16.3 Å². The maximum atomic E-state index is 5.89. The van der Waals surface area contributed by atoms with E-state index in [-0.39, 0.29) is 5.60 Å². The summed E-state index contributed by atoms with van der Waals surface area (Å²) in [5.74, 6) is 1.52. The summed E-state index contributed by atoms with van der Waals surface area (Å²) >= 11 is 5.64. The molecular weight excluding hydrogens is 208 g/mol. The van der Waals surface area contributed by atoms with Crippen LogP contribution in [-0.2, 0) is 4.74 Å². The number of ether oxygens (including phenoxy) is 1. The second-order valence-electron chi connectivity index (χ2n) is 5.29. The summed E-state index contributed by atoms with van der Waals surface area (Å²) in [7, 11) is 0. The van der Waals surface area contributed by atoms with Crippen LogP contribution in [0.1, 0.15) is 59.8 Å². The van der Waals surface area contributed by atoms with Crippen LogP contribution in [0.3, 0.4) is 0 Å². The van der Waals surface area contributed by atoms with E-state index in [1.807, 2.05) is 0 Å². The molecule has 0 aromatic carbocycles. The molecule has 0 unspecified atom stereocenters. The Morgan fingerprint density at radius 2 is 1.80 bits per heavy atom. The van der Waals surface area contributed by atoms with E-state index >= 15 is 0 Å². The average Bonchev–Trinajstić information content (AvgIpc) is 2.11. The monoisotopic (exact) mass is 234 g/mol. The predicted octanol–water partition coefficient (Wildman–Crippen LogP) is 4.63. The van der Waals surface area contributed by atoms with E-state index in [1.165, 1.54) is 12.8 Å². The van der Waals surface area contributed by atoms with Gasteiger partial charge in [-0.15, -0.1) is 11.6 Å². The smallest absolute Gasteiger partial charge is 0.0626 e. The second kappa shape index (κ2) is 8.41. The van der Waals surface area contributed by atoms with E-state index in [0.29, 0.717) is 0 Å². The molecule has 0 atom stereocenters. The molecule has 0 radical (unpaired) electrons. The lowest BCUT2D eigenvalue weighted by atomic mass is 10.0. The zero-order valence-corrected chi connectivity index (χ0v) is 11.6. The molecular formula is C13H27ClO. The van der Waals surface area contributed by atoms with Crippen LogP contribution in [0.4, 0.5) is 0 Å². The molecule has 1 nitrogen and oxygen atoms in total. The zero-order chi connectivity index (χ0) is 11.7. The first-order chi connectivity index (χ1) is 6.98. The molecule has 0 aliphatic rings. The highest BCUT2D eigenvalue weighted by molar-refractivity contribution is 6.17.